The van der Waals surface area contributed by atoms with E-state index in [4.69, 9.17) is 13.6 Å². The van der Waals surface area contributed by atoms with Gasteiger partial charge in [-0.15, -0.1) is 5.10 Å². The molecule has 0 aliphatic heterocycles. The molecule has 5 rings (SSSR count). The topological polar surface area (TPSA) is 103 Å². The zero-order chi connectivity index (χ0) is 23.2. The second kappa shape index (κ2) is 7.56. The number of nitrogens with zero attached hydrogens (tertiary/aromatic N) is 5. The molecule has 1 aromatic carbocycles. The Balaban J connectivity index is 1.39. The average molecular weight is 410 g/mol. The standard InChI is InChI=1S/C21H25N7O2/c1-28-17-10-12(4-9-16(17)26-27-28)15-11-22-19-18(15)20(30-3)25-21(24-19)23-13-5-7-14(29-2)8-6-13/h4,9-11,13-14H,5-8H2,1-3H3,(H2,22,23,24,25)/i2D3. The summed E-state index contributed by atoms with van der Waals surface area (Å²) >= 11 is 0. The van der Waals surface area contributed by atoms with Crippen LogP contribution in [0, 0.1) is 0 Å². The summed E-state index contributed by atoms with van der Waals surface area (Å²) in [6, 6.07) is 6.10. The van der Waals surface area contributed by atoms with Crippen LogP contribution in [0.1, 0.15) is 29.8 Å². The number of aromatic nitrogens is 6. The Hall–Kier alpha value is -3.20. The molecule has 156 valence electrons. The van der Waals surface area contributed by atoms with Crippen LogP contribution in [0.2, 0.25) is 0 Å². The van der Waals surface area contributed by atoms with Crippen molar-refractivity contribution in [3.63, 3.8) is 0 Å². The van der Waals surface area contributed by atoms with Crippen LogP contribution in [0.5, 0.6) is 5.88 Å². The Morgan fingerprint density at radius 3 is 2.90 bits per heavy atom. The van der Waals surface area contributed by atoms with Crippen LogP contribution in [0.15, 0.2) is 24.4 Å². The number of hydrogen-bond donors (Lipinski definition) is 2. The lowest BCUT2D eigenvalue weighted by Crippen LogP contribution is -2.29. The van der Waals surface area contributed by atoms with Crippen molar-refractivity contribution in [2.75, 3.05) is 19.5 Å². The summed E-state index contributed by atoms with van der Waals surface area (Å²) in [5.41, 5.74) is 4.34. The van der Waals surface area contributed by atoms with E-state index in [1.54, 1.807) is 11.8 Å². The summed E-state index contributed by atoms with van der Waals surface area (Å²) < 4.78 is 34.3. The van der Waals surface area contributed by atoms with Crippen LogP contribution in [-0.4, -0.2) is 56.2 Å². The predicted molar refractivity (Wildman–Crippen MR) is 115 cm³/mol. The minimum Gasteiger partial charge on any atom is -0.480 e. The summed E-state index contributed by atoms with van der Waals surface area (Å²) in [6.45, 7) is 0. The molecule has 30 heavy (non-hydrogen) atoms. The van der Waals surface area contributed by atoms with Crippen LogP contribution in [0.25, 0.3) is 33.2 Å². The minimum atomic E-state index is -2.35. The van der Waals surface area contributed by atoms with Crippen molar-refractivity contribution in [3.8, 4) is 17.0 Å². The molecule has 0 bridgehead atoms. The van der Waals surface area contributed by atoms with Crippen LogP contribution < -0.4 is 10.1 Å². The minimum absolute atomic E-state index is 0.137. The Bertz CT molecular complexity index is 1290. The van der Waals surface area contributed by atoms with Gasteiger partial charge in [-0.2, -0.15) is 9.97 Å². The van der Waals surface area contributed by atoms with Gasteiger partial charge < -0.3 is 19.8 Å². The number of nitrogens with one attached hydrogen (secondary N) is 2. The molecule has 0 amide bonds. The summed E-state index contributed by atoms with van der Waals surface area (Å²) in [5.74, 6) is 0.945. The lowest BCUT2D eigenvalue weighted by Gasteiger charge is -2.28. The highest BCUT2D eigenvalue weighted by Gasteiger charge is 2.23. The second-order valence-corrected chi connectivity index (χ2v) is 7.63. The van der Waals surface area contributed by atoms with Gasteiger partial charge in [0.05, 0.1) is 28.2 Å². The van der Waals surface area contributed by atoms with Gasteiger partial charge >= 0.3 is 0 Å². The lowest BCUT2D eigenvalue weighted by molar-refractivity contribution is 0.0681. The van der Waals surface area contributed by atoms with Crippen molar-refractivity contribution in [3.05, 3.63) is 24.4 Å². The molecule has 0 saturated heterocycles. The first-order valence-electron chi connectivity index (χ1n) is 11.5. The van der Waals surface area contributed by atoms with Gasteiger partial charge in [-0.05, 0) is 43.4 Å². The van der Waals surface area contributed by atoms with Crippen LogP contribution in [-0.2, 0) is 11.8 Å². The Labute approximate surface area is 178 Å². The van der Waals surface area contributed by atoms with E-state index in [2.05, 4.69) is 30.6 Å². The zero-order valence-corrected chi connectivity index (χ0v) is 16.8. The molecule has 3 aromatic heterocycles. The molecule has 2 N–H and O–H groups in total. The fourth-order valence-corrected chi connectivity index (χ4v) is 4.15. The first kappa shape index (κ1) is 15.6. The van der Waals surface area contributed by atoms with Crippen LogP contribution >= 0.6 is 0 Å². The number of hydrogen-bond acceptors (Lipinski definition) is 7. The van der Waals surface area contributed by atoms with Gasteiger partial charge in [-0.3, -0.25) is 0 Å². The molecule has 4 aromatic rings. The maximum absolute atomic E-state index is 7.28. The molecule has 1 aliphatic rings. The third kappa shape index (κ3) is 3.24. The number of anilines is 1. The van der Waals surface area contributed by atoms with Crippen LogP contribution in [0.4, 0.5) is 5.95 Å². The smallest absolute Gasteiger partial charge is 0.228 e. The van der Waals surface area contributed by atoms with E-state index in [1.807, 2.05) is 31.4 Å². The summed E-state index contributed by atoms with van der Waals surface area (Å²) in [7, 11) is 1.10. The van der Waals surface area contributed by atoms with Crippen molar-refractivity contribution < 1.29 is 13.6 Å². The number of benzene rings is 1. The van der Waals surface area contributed by atoms with Gasteiger partial charge in [0.25, 0.3) is 0 Å². The lowest BCUT2D eigenvalue weighted by atomic mass is 9.93. The highest BCUT2D eigenvalue weighted by Crippen LogP contribution is 2.35. The molecule has 1 fully saturated rings. The molecule has 0 atom stereocenters. The van der Waals surface area contributed by atoms with E-state index in [0.29, 0.717) is 30.3 Å². The first-order chi connectivity index (χ1) is 15.8. The Morgan fingerprint density at radius 1 is 1.23 bits per heavy atom. The molecule has 9 heteroatoms. The highest BCUT2D eigenvalue weighted by atomic mass is 16.5. The van der Waals surface area contributed by atoms with Crippen molar-refractivity contribution in [1.82, 2.24) is 29.9 Å². The molecule has 0 radical (unpaired) electrons. The molecular weight excluding hydrogens is 382 g/mol. The summed E-state index contributed by atoms with van der Waals surface area (Å²) in [5, 5.41) is 12.4. The third-order valence-electron chi connectivity index (χ3n) is 5.79. The van der Waals surface area contributed by atoms with E-state index in [1.165, 1.54) is 0 Å². The summed E-state index contributed by atoms with van der Waals surface area (Å²) in [6.07, 6.45) is 4.55. The molecule has 1 aliphatic carbocycles. The van der Waals surface area contributed by atoms with Gasteiger partial charge in [-0.1, -0.05) is 11.3 Å². The first-order valence-corrected chi connectivity index (χ1v) is 9.98. The van der Waals surface area contributed by atoms with E-state index < -0.39 is 7.04 Å². The number of methoxy groups -OCH3 is 2. The van der Waals surface area contributed by atoms with Crippen molar-refractivity contribution >= 4 is 28.0 Å². The number of rotatable bonds is 5. The fraction of sp³-hybridized carbons (Fsp3) is 0.429. The Morgan fingerprint density at radius 2 is 2.10 bits per heavy atom. The van der Waals surface area contributed by atoms with Gasteiger partial charge in [0, 0.05) is 31.9 Å². The molecule has 9 nitrogen and oxygen atoms in total. The molecular formula is C21H25N7O2. The number of fused-ring (bicyclic) bond motifs is 2. The van der Waals surface area contributed by atoms with Crippen molar-refractivity contribution in [2.24, 2.45) is 7.05 Å². The highest BCUT2D eigenvalue weighted by molar-refractivity contribution is 5.99. The largest absolute Gasteiger partial charge is 0.480 e. The van der Waals surface area contributed by atoms with Gasteiger partial charge in [-0.25, -0.2) is 4.68 Å². The normalized spacial score (nSPS) is 21.3. The van der Waals surface area contributed by atoms with E-state index in [0.717, 1.165) is 40.4 Å². The zero-order valence-electron chi connectivity index (χ0n) is 19.8. The van der Waals surface area contributed by atoms with Gasteiger partial charge in [0.2, 0.25) is 11.8 Å². The van der Waals surface area contributed by atoms with E-state index in [-0.39, 0.29) is 12.1 Å². The monoisotopic (exact) mass is 410 g/mol. The fourth-order valence-electron chi connectivity index (χ4n) is 4.15. The number of aryl methyl sites for hydroxylation is 1. The third-order valence-corrected chi connectivity index (χ3v) is 5.79. The summed E-state index contributed by atoms with van der Waals surface area (Å²) in [4.78, 5) is 12.5. The molecule has 0 unspecified atom stereocenters. The quantitative estimate of drug-likeness (QED) is 0.520. The average Bonchev–Trinajstić information content (AvgIpc) is 3.37. The number of ether oxygens (including phenoxy) is 2. The van der Waals surface area contributed by atoms with E-state index in [9.17, 15) is 0 Å². The van der Waals surface area contributed by atoms with Gasteiger partial charge in [0.15, 0.2) is 0 Å². The van der Waals surface area contributed by atoms with Crippen LogP contribution in [0.3, 0.4) is 0 Å². The molecule has 1 saturated carbocycles. The number of H-pyrrole nitrogens is 1. The second-order valence-electron chi connectivity index (χ2n) is 7.63. The molecule has 0 spiro atoms. The van der Waals surface area contributed by atoms with Crippen molar-refractivity contribution in [1.29, 1.82) is 0 Å². The Kier molecular flexibility index (Phi) is 3.94. The number of aromatic amines is 1. The maximum Gasteiger partial charge on any atom is 0.228 e. The van der Waals surface area contributed by atoms with Gasteiger partial charge in [0.1, 0.15) is 11.2 Å². The predicted octanol–water partition coefficient (Wildman–Crippen LogP) is 3.28. The van der Waals surface area contributed by atoms with Crippen molar-refractivity contribution in [2.45, 2.75) is 37.8 Å². The maximum atomic E-state index is 7.28. The SMILES string of the molecule is [2H]C([2H])([2H])OC1CCC(Nc2nc(OC)c3c(-c4ccc5nnn(C)c5c4)c[nH]c3n2)CC1. The molecule has 3 heterocycles. The van der Waals surface area contributed by atoms with E-state index >= 15 is 0 Å².